The van der Waals surface area contributed by atoms with Crippen molar-refractivity contribution in [2.75, 3.05) is 5.32 Å². The van der Waals surface area contributed by atoms with Crippen molar-refractivity contribution in [3.05, 3.63) is 58.6 Å². The Bertz CT molecular complexity index is 932. The average molecular weight is 374 g/mol. The number of aromatic nitrogens is 4. The zero-order chi connectivity index (χ0) is 18.7. The van der Waals surface area contributed by atoms with E-state index in [1.54, 1.807) is 28.0 Å². The minimum absolute atomic E-state index is 0.188. The maximum atomic E-state index is 12.3. The highest BCUT2D eigenvalue weighted by Gasteiger charge is 2.16. The van der Waals surface area contributed by atoms with Crippen LogP contribution in [-0.2, 0) is 13.3 Å². The number of anilines is 1. The summed E-state index contributed by atoms with van der Waals surface area (Å²) in [6.45, 7) is 6.84. The Morgan fingerprint density at radius 1 is 1.27 bits per heavy atom. The minimum atomic E-state index is -0.378. The number of nitrogens with one attached hydrogen (secondary N) is 1. The van der Waals surface area contributed by atoms with Gasteiger partial charge in [0.2, 0.25) is 0 Å². The van der Waals surface area contributed by atoms with Crippen LogP contribution in [0.15, 0.2) is 36.8 Å². The number of hydrogen-bond donors (Lipinski definition) is 1. The van der Waals surface area contributed by atoms with E-state index in [4.69, 9.17) is 16.3 Å². The molecule has 0 fully saturated rings. The third-order valence-electron chi connectivity index (χ3n) is 3.83. The van der Waals surface area contributed by atoms with Crippen LogP contribution in [0.3, 0.4) is 0 Å². The summed E-state index contributed by atoms with van der Waals surface area (Å²) in [6, 6.07) is 5.99. The van der Waals surface area contributed by atoms with Crippen molar-refractivity contribution >= 4 is 23.2 Å². The van der Waals surface area contributed by atoms with Crippen molar-refractivity contribution in [2.45, 2.75) is 34.0 Å². The summed E-state index contributed by atoms with van der Waals surface area (Å²) >= 11 is 6.05. The molecule has 0 aliphatic heterocycles. The van der Waals surface area contributed by atoms with Gasteiger partial charge in [0.15, 0.2) is 12.4 Å². The fraction of sp³-hybridized carbons (Fsp3) is 0.278. The lowest BCUT2D eigenvalue weighted by molar-refractivity contribution is 0.102. The zero-order valence-electron chi connectivity index (χ0n) is 14.9. The smallest absolute Gasteiger partial charge is 0.277 e. The number of hydrogen-bond acceptors (Lipinski definition) is 4. The molecular formula is C18H20ClN5O2. The van der Waals surface area contributed by atoms with Gasteiger partial charge in [0, 0.05) is 12.7 Å². The monoisotopic (exact) mass is 373 g/mol. The quantitative estimate of drug-likeness (QED) is 0.715. The number of rotatable bonds is 6. The van der Waals surface area contributed by atoms with Crippen LogP contribution in [-0.4, -0.2) is 25.5 Å². The summed E-state index contributed by atoms with van der Waals surface area (Å²) < 4.78 is 8.98. The van der Waals surface area contributed by atoms with E-state index in [0.717, 1.165) is 11.3 Å². The second kappa shape index (κ2) is 7.61. The molecule has 0 aliphatic carbocycles. The fourth-order valence-corrected chi connectivity index (χ4v) is 2.74. The van der Waals surface area contributed by atoms with Crippen LogP contribution in [0.25, 0.3) is 0 Å². The lowest BCUT2D eigenvalue weighted by Crippen LogP contribution is -2.13. The molecule has 1 N–H and O–H groups in total. The van der Waals surface area contributed by atoms with E-state index < -0.39 is 0 Å². The molecule has 26 heavy (non-hydrogen) atoms. The molecule has 0 bridgehead atoms. The van der Waals surface area contributed by atoms with Gasteiger partial charge in [-0.1, -0.05) is 29.3 Å². The first kappa shape index (κ1) is 18.0. The molecule has 0 saturated carbocycles. The van der Waals surface area contributed by atoms with E-state index >= 15 is 0 Å². The maximum absolute atomic E-state index is 12.3. The normalized spacial score (nSPS) is 10.8. The summed E-state index contributed by atoms with van der Waals surface area (Å²) in [5.74, 6) is 0.422. The molecule has 0 spiro atoms. The molecule has 1 aromatic carbocycles. The number of nitrogens with zero attached hydrogens (tertiary/aromatic N) is 4. The Morgan fingerprint density at radius 3 is 2.77 bits per heavy atom. The van der Waals surface area contributed by atoms with Crippen LogP contribution in [0.4, 0.5) is 5.69 Å². The number of halogens is 1. The summed E-state index contributed by atoms with van der Waals surface area (Å²) in [5, 5.41) is 11.4. The number of carbonyl (C=O) groups excluding carboxylic acids is 1. The highest BCUT2D eigenvalue weighted by molar-refractivity contribution is 6.34. The van der Waals surface area contributed by atoms with Crippen LogP contribution in [0.1, 0.15) is 28.5 Å². The van der Waals surface area contributed by atoms with E-state index in [1.807, 2.05) is 32.9 Å². The van der Waals surface area contributed by atoms with Crippen LogP contribution in [0.2, 0.25) is 5.02 Å². The Kier molecular flexibility index (Phi) is 5.27. The Morgan fingerprint density at radius 2 is 2.08 bits per heavy atom. The summed E-state index contributed by atoms with van der Waals surface area (Å²) in [5.41, 5.74) is 2.98. The van der Waals surface area contributed by atoms with Gasteiger partial charge in [0.25, 0.3) is 5.91 Å². The van der Waals surface area contributed by atoms with Crippen molar-refractivity contribution in [2.24, 2.45) is 0 Å². The van der Waals surface area contributed by atoms with Crippen molar-refractivity contribution in [1.29, 1.82) is 0 Å². The largest absolute Gasteiger partial charge is 0.471 e. The highest BCUT2D eigenvalue weighted by Crippen LogP contribution is 2.20. The molecule has 3 rings (SSSR count). The number of ether oxygens (including phenoxy) is 1. The molecule has 3 aromatic rings. The molecule has 0 radical (unpaired) electrons. The summed E-state index contributed by atoms with van der Waals surface area (Å²) in [4.78, 5) is 12.3. The van der Waals surface area contributed by atoms with Gasteiger partial charge in [-0.3, -0.25) is 9.48 Å². The average Bonchev–Trinajstić information content (AvgIpc) is 3.20. The Balaban J connectivity index is 1.62. The number of benzene rings is 1. The molecule has 7 nitrogen and oxygen atoms in total. The molecule has 0 unspecified atom stereocenters. The van der Waals surface area contributed by atoms with Gasteiger partial charge >= 0.3 is 0 Å². The van der Waals surface area contributed by atoms with Crippen molar-refractivity contribution in [3.63, 3.8) is 0 Å². The Labute approximate surface area is 156 Å². The predicted octanol–water partition coefficient (Wildman–Crippen LogP) is 3.66. The molecule has 8 heteroatoms. The van der Waals surface area contributed by atoms with Gasteiger partial charge in [0.05, 0.1) is 23.1 Å². The van der Waals surface area contributed by atoms with Crippen molar-refractivity contribution < 1.29 is 9.53 Å². The standard InChI is InChI=1S/C18H20ClN5O2/c1-4-23-10-15(19)17(22-23)18(25)21-14-8-20-24(9-14)11-26-16-6-5-12(2)7-13(16)3/h5-10H,4,11H2,1-3H3,(H,21,25). The third-order valence-corrected chi connectivity index (χ3v) is 4.11. The Hall–Kier alpha value is -2.80. The van der Waals surface area contributed by atoms with Gasteiger partial charge in [-0.05, 0) is 32.4 Å². The van der Waals surface area contributed by atoms with E-state index in [0.29, 0.717) is 17.3 Å². The maximum Gasteiger partial charge on any atom is 0.277 e. The minimum Gasteiger partial charge on any atom is -0.471 e. The first-order valence-corrected chi connectivity index (χ1v) is 8.61. The molecular weight excluding hydrogens is 354 g/mol. The van der Waals surface area contributed by atoms with Crippen LogP contribution in [0, 0.1) is 13.8 Å². The summed E-state index contributed by atoms with van der Waals surface area (Å²) in [7, 11) is 0. The van der Waals surface area contributed by atoms with E-state index in [-0.39, 0.29) is 18.3 Å². The summed E-state index contributed by atoms with van der Waals surface area (Å²) in [6.07, 6.45) is 4.86. The molecule has 2 aromatic heterocycles. The number of amides is 1. The van der Waals surface area contributed by atoms with E-state index in [2.05, 4.69) is 21.6 Å². The van der Waals surface area contributed by atoms with Crippen molar-refractivity contribution in [3.8, 4) is 5.75 Å². The van der Waals surface area contributed by atoms with Gasteiger partial charge < -0.3 is 10.1 Å². The lowest BCUT2D eigenvalue weighted by Gasteiger charge is -2.09. The molecule has 136 valence electrons. The molecule has 1 amide bonds. The van der Waals surface area contributed by atoms with Crippen LogP contribution < -0.4 is 10.1 Å². The zero-order valence-corrected chi connectivity index (χ0v) is 15.6. The SMILES string of the molecule is CCn1cc(Cl)c(C(=O)Nc2cnn(COc3ccc(C)cc3C)c2)n1. The van der Waals surface area contributed by atoms with Crippen LogP contribution >= 0.6 is 11.6 Å². The van der Waals surface area contributed by atoms with Crippen LogP contribution in [0.5, 0.6) is 5.75 Å². The van der Waals surface area contributed by atoms with Gasteiger partial charge in [0.1, 0.15) is 5.75 Å². The molecule has 2 heterocycles. The molecule has 0 saturated heterocycles. The van der Waals surface area contributed by atoms with Gasteiger partial charge in [-0.15, -0.1) is 0 Å². The third kappa shape index (κ3) is 4.05. The lowest BCUT2D eigenvalue weighted by atomic mass is 10.1. The highest BCUT2D eigenvalue weighted by atomic mass is 35.5. The van der Waals surface area contributed by atoms with E-state index in [1.165, 1.54) is 5.56 Å². The number of carbonyl (C=O) groups is 1. The second-order valence-corrected chi connectivity index (χ2v) is 6.35. The first-order chi connectivity index (χ1) is 12.5. The fourth-order valence-electron chi connectivity index (χ4n) is 2.50. The first-order valence-electron chi connectivity index (χ1n) is 8.23. The topological polar surface area (TPSA) is 74.0 Å². The molecule has 0 aliphatic rings. The van der Waals surface area contributed by atoms with Crippen molar-refractivity contribution in [1.82, 2.24) is 19.6 Å². The predicted molar refractivity (Wildman–Crippen MR) is 99.6 cm³/mol. The van der Waals surface area contributed by atoms with Gasteiger partial charge in [-0.2, -0.15) is 10.2 Å². The van der Waals surface area contributed by atoms with E-state index in [9.17, 15) is 4.79 Å². The second-order valence-electron chi connectivity index (χ2n) is 5.95. The van der Waals surface area contributed by atoms with Gasteiger partial charge in [-0.25, -0.2) is 4.68 Å². The molecule has 0 atom stereocenters. The number of aryl methyl sites for hydroxylation is 3.